The van der Waals surface area contributed by atoms with Crippen LogP contribution in [0.15, 0.2) is 53.1 Å². The number of nitrogens with zero attached hydrogens (tertiary/aromatic N) is 3. The number of amides is 1. The Morgan fingerprint density at radius 1 is 1.26 bits per heavy atom. The van der Waals surface area contributed by atoms with Gasteiger partial charge in [-0.15, -0.1) is 0 Å². The fraction of sp³-hybridized carbons (Fsp3) is 0.150. The molecule has 136 valence electrons. The minimum atomic E-state index is -0.300. The number of hydrogen-bond donors (Lipinski definition) is 1. The van der Waals surface area contributed by atoms with E-state index in [2.05, 4.69) is 9.97 Å². The highest BCUT2D eigenvalue weighted by Gasteiger charge is 2.23. The third-order valence-corrected chi connectivity index (χ3v) is 4.37. The number of ether oxygens (including phenoxy) is 1. The van der Waals surface area contributed by atoms with Crippen LogP contribution in [0, 0.1) is 0 Å². The van der Waals surface area contributed by atoms with Crippen molar-refractivity contribution in [3.05, 3.63) is 54.4 Å². The fourth-order valence-corrected chi connectivity index (χ4v) is 3.07. The van der Waals surface area contributed by atoms with Gasteiger partial charge in [0.25, 0.3) is 5.91 Å². The Morgan fingerprint density at radius 2 is 2.11 bits per heavy atom. The lowest BCUT2D eigenvalue weighted by molar-refractivity contribution is 0.0963. The monoisotopic (exact) mass is 362 g/mol. The van der Waals surface area contributed by atoms with Crippen molar-refractivity contribution in [2.75, 3.05) is 24.3 Å². The Bertz CT molecular complexity index is 1150. The lowest BCUT2D eigenvalue weighted by Gasteiger charge is -2.19. The quantitative estimate of drug-likeness (QED) is 0.596. The molecule has 0 fully saturated rings. The van der Waals surface area contributed by atoms with Gasteiger partial charge in [-0.3, -0.25) is 14.7 Å². The Kier molecular flexibility index (Phi) is 4.12. The Morgan fingerprint density at radius 3 is 2.89 bits per heavy atom. The zero-order valence-electron chi connectivity index (χ0n) is 15.0. The second-order valence-corrected chi connectivity index (χ2v) is 5.97. The van der Waals surface area contributed by atoms with Gasteiger partial charge in [-0.1, -0.05) is 6.07 Å². The molecule has 7 heteroatoms. The summed E-state index contributed by atoms with van der Waals surface area (Å²) in [5.74, 6) is 1.01. The van der Waals surface area contributed by atoms with Gasteiger partial charge in [-0.2, -0.15) is 0 Å². The van der Waals surface area contributed by atoms with Gasteiger partial charge >= 0.3 is 0 Å². The molecular weight excluding hydrogens is 344 g/mol. The van der Waals surface area contributed by atoms with Crippen molar-refractivity contribution in [2.45, 2.75) is 6.92 Å². The number of furan rings is 1. The van der Waals surface area contributed by atoms with Crippen molar-refractivity contribution in [2.24, 2.45) is 0 Å². The average molecular weight is 362 g/mol. The van der Waals surface area contributed by atoms with Crippen LogP contribution in [-0.4, -0.2) is 29.5 Å². The number of pyridine rings is 2. The zero-order chi connectivity index (χ0) is 19.0. The van der Waals surface area contributed by atoms with E-state index >= 15 is 0 Å². The molecule has 0 saturated carbocycles. The minimum Gasteiger partial charge on any atom is -0.496 e. The van der Waals surface area contributed by atoms with Crippen LogP contribution in [0.1, 0.15) is 17.5 Å². The molecule has 4 aromatic rings. The molecule has 0 aliphatic carbocycles. The largest absolute Gasteiger partial charge is 0.496 e. The minimum absolute atomic E-state index is 0.211. The van der Waals surface area contributed by atoms with Crippen LogP contribution < -0.4 is 15.4 Å². The Hall–Kier alpha value is -3.61. The van der Waals surface area contributed by atoms with Gasteiger partial charge in [0.05, 0.1) is 23.7 Å². The van der Waals surface area contributed by atoms with Crippen LogP contribution in [0.25, 0.3) is 22.0 Å². The highest BCUT2D eigenvalue weighted by atomic mass is 16.5. The third-order valence-electron chi connectivity index (χ3n) is 4.37. The summed E-state index contributed by atoms with van der Waals surface area (Å²) in [6, 6.07) is 12.4. The molecular formula is C20H18N4O3. The molecule has 0 radical (unpaired) electrons. The van der Waals surface area contributed by atoms with Gasteiger partial charge in [-0.05, 0) is 31.2 Å². The molecule has 3 heterocycles. The second kappa shape index (κ2) is 6.60. The number of carbonyl (C=O) groups is 1. The molecule has 1 amide bonds. The summed E-state index contributed by atoms with van der Waals surface area (Å²) < 4.78 is 11.1. The first kappa shape index (κ1) is 16.8. The van der Waals surface area contributed by atoms with E-state index in [1.54, 1.807) is 37.6 Å². The molecule has 27 heavy (non-hydrogen) atoms. The normalized spacial score (nSPS) is 11.0. The Labute approximate surface area is 155 Å². The van der Waals surface area contributed by atoms with E-state index < -0.39 is 0 Å². The van der Waals surface area contributed by atoms with Crippen molar-refractivity contribution in [1.82, 2.24) is 9.97 Å². The van der Waals surface area contributed by atoms with Crippen LogP contribution in [0.3, 0.4) is 0 Å². The maximum atomic E-state index is 13.1. The number of anilines is 2. The third kappa shape index (κ3) is 2.83. The molecule has 0 aliphatic rings. The molecule has 0 atom stereocenters. The van der Waals surface area contributed by atoms with Crippen LogP contribution in [-0.2, 0) is 0 Å². The maximum absolute atomic E-state index is 13.1. The molecule has 7 nitrogen and oxygen atoms in total. The topological polar surface area (TPSA) is 94.5 Å². The lowest BCUT2D eigenvalue weighted by atomic mass is 10.2. The maximum Gasteiger partial charge on any atom is 0.295 e. The van der Waals surface area contributed by atoms with E-state index in [0.717, 1.165) is 5.39 Å². The van der Waals surface area contributed by atoms with Crippen molar-refractivity contribution >= 4 is 39.4 Å². The zero-order valence-corrected chi connectivity index (χ0v) is 15.0. The first-order chi connectivity index (χ1) is 13.1. The van der Waals surface area contributed by atoms with E-state index in [1.165, 1.54) is 4.90 Å². The number of benzene rings is 1. The van der Waals surface area contributed by atoms with Crippen LogP contribution >= 0.6 is 0 Å². The number of nitrogen functional groups attached to an aromatic ring is 1. The van der Waals surface area contributed by atoms with Crippen molar-refractivity contribution < 1.29 is 13.9 Å². The van der Waals surface area contributed by atoms with Crippen LogP contribution in [0.4, 0.5) is 11.5 Å². The van der Waals surface area contributed by atoms with Gasteiger partial charge < -0.3 is 14.9 Å². The molecule has 1 aromatic carbocycles. The number of fused-ring (bicyclic) bond motifs is 2. The smallest absolute Gasteiger partial charge is 0.295 e. The molecule has 0 saturated heterocycles. The molecule has 3 aromatic heterocycles. The summed E-state index contributed by atoms with van der Waals surface area (Å²) in [7, 11) is 1.58. The van der Waals surface area contributed by atoms with E-state index in [-0.39, 0.29) is 11.7 Å². The van der Waals surface area contributed by atoms with Gasteiger partial charge in [0, 0.05) is 24.9 Å². The van der Waals surface area contributed by atoms with Gasteiger partial charge in [0.2, 0.25) is 0 Å². The fourth-order valence-electron chi connectivity index (χ4n) is 3.07. The summed E-state index contributed by atoms with van der Waals surface area (Å²) in [6.07, 6.45) is 1.66. The first-order valence-corrected chi connectivity index (χ1v) is 8.52. The molecule has 0 bridgehead atoms. The number of nitrogens with two attached hydrogens (primary N) is 1. The highest BCUT2D eigenvalue weighted by Crippen LogP contribution is 2.30. The number of methoxy groups -OCH3 is 1. The number of rotatable bonds is 4. The highest BCUT2D eigenvalue weighted by molar-refractivity contribution is 6.07. The van der Waals surface area contributed by atoms with E-state index in [0.29, 0.717) is 40.4 Å². The molecule has 0 aliphatic heterocycles. The first-order valence-electron chi connectivity index (χ1n) is 8.52. The lowest BCUT2D eigenvalue weighted by Crippen LogP contribution is -2.31. The summed E-state index contributed by atoms with van der Waals surface area (Å²) >= 11 is 0. The van der Waals surface area contributed by atoms with Crippen molar-refractivity contribution in [3.63, 3.8) is 0 Å². The SMILES string of the molecule is CCN(C(=O)c1cc2c(OC)cccc2o1)c1cc(N)c2ncccc2n1. The summed E-state index contributed by atoms with van der Waals surface area (Å²) in [6.45, 7) is 2.28. The number of carbonyl (C=O) groups excluding carboxylic acids is 1. The van der Waals surface area contributed by atoms with E-state index in [1.807, 2.05) is 25.1 Å². The molecule has 0 unspecified atom stereocenters. The van der Waals surface area contributed by atoms with E-state index in [9.17, 15) is 4.79 Å². The van der Waals surface area contributed by atoms with E-state index in [4.69, 9.17) is 14.9 Å². The van der Waals surface area contributed by atoms with Gasteiger partial charge in [0.1, 0.15) is 22.7 Å². The standard InChI is InChI=1S/C20H18N4O3/c1-3-24(18-11-13(21)19-14(23-18)6-5-9-22-19)20(25)17-10-12-15(26-2)7-4-8-16(12)27-17/h4-11H,3H2,1-2H3,(H2,21,23). The average Bonchev–Trinajstić information content (AvgIpc) is 3.13. The van der Waals surface area contributed by atoms with Crippen molar-refractivity contribution in [3.8, 4) is 5.75 Å². The van der Waals surface area contributed by atoms with Crippen molar-refractivity contribution in [1.29, 1.82) is 0 Å². The van der Waals surface area contributed by atoms with Gasteiger partial charge in [-0.25, -0.2) is 4.98 Å². The number of aromatic nitrogens is 2. The predicted molar refractivity (Wildman–Crippen MR) is 104 cm³/mol. The summed E-state index contributed by atoms with van der Waals surface area (Å²) in [5, 5.41) is 0.745. The van der Waals surface area contributed by atoms with Gasteiger partial charge in [0.15, 0.2) is 5.76 Å². The second-order valence-electron chi connectivity index (χ2n) is 5.97. The number of hydrogen-bond acceptors (Lipinski definition) is 6. The Balaban J connectivity index is 1.78. The molecule has 2 N–H and O–H groups in total. The molecule has 4 rings (SSSR count). The summed E-state index contributed by atoms with van der Waals surface area (Å²) in [5.41, 5.74) is 8.40. The van der Waals surface area contributed by atoms with Crippen LogP contribution in [0.5, 0.6) is 5.75 Å². The summed E-state index contributed by atoms with van der Waals surface area (Å²) in [4.78, 5) is 23.4. The molecule has 0 spiro atoms. The van der Waals surface area contributed by atoms with Crippen LogP contribution in [0.2, 0.25) is 0 Å². The predicted octanol–water partition coefficient (Wildman–Crippen LogP) is 3.63.